The number of carbonyl (C=O) groups excluding carboxylic acids is 4. The van der Waals surface area contributed by atoms with Crippen LogP contribution in [-0.4, -0.2) is 35.1 Å². The fourth-order valence-electron chi connectivity index (χ4n) is 4.14. The number of benzene rings is 2. The van der Waals surface area contributed by atoms with Crippen LogP contribution in [0.5, 0.6) is 0 Å². The lowest BCUT2D eigenvalue weighted by atomic mass is 9.89. The highest BCUT2D eigenvalue weighted by atomic mass is 16.2. The molecule has 1 fully saturated rings. The van der Waals surface area contributed by atoms with Crippen molar-refractivity contribution in [1.29, 1.82) is 0 Å². The monoisotopic (exact) mass is 419 g/mol. The number of amides is 4. The molecule has 0 spiro atoms. The number of hydrogen-bond acceptors (Lipinski definition) is 4. The standard InChI is InChI=1S/C24H25N3O4/c1-3-21(29)25-19-11-8-16(9-12-19)20(28)14-27-22(30)24(2,26-23(27)31)18-10-7-15-5-4-6-17(15)13-18/h7-13H,3-6,14H2,1-2H3,(H,25,29)(H,26,31)/t24-/m0/s1. The molecule has 0 radical (unpaired) electrons. The van der Waals surface area contributed by atoms with Crippen molar-refractivity contribution in [1.82, 2.24) is 10.2 Å². The van der Waals surface area contributed by atoms with Gasteiger partial charge in [-0.1, -0.05) is 25.1 Å². The highest BCUT2D eigenvalue weighted by Crippen LogP contribution is 2.32. The second-order valence-electron chi connectivity index (χ2n) is 8.19. The van der Waals surface area contributed by atoms with Crippen LogP contribution < -0.4 is 10.6 Å². The molecule has 1 atom stereocenters. The Kier molecular flexibility index (Phi) is 5.35. The Bertz CT molecular complexity index is 1080. The summed E-state index contributed by atoms with van der Waals surface area (Å²) in [5, 5.41) is 5.48. The molecule has 2 N–H and O–H groups in total. The van der Waals surface area contributed by atoms with Crippen molar-refractivity contribution in [3.63, 3.8) is 0 Å². The molecule has 1 aliphatic heterocycles. The zero-order chi connectivity index (χ0) is 22.2. The second kappa shape index (κ2) is 7.98. The van der Waals surface area contributed by atoms with Crippen LogP contribution >= 0.6 is 0 Å². The number of fused-ring (bicyclic) bond motifs is 1. The Morgan fingerprint density at radius 1 is 1.06 bits per heavy atom. The van der Waals surface area contributed by atoms with Crippen molar-refractivity contribution in [3.05, 3.63) is 64.7 Å². The summed E-state index contributed by atoms with van der Waals surface area (Å²) < 4.78 is 0. The van der Waals surface area contributed by atoms with E-state index in [-0.39, 0.29) is 18.2 Å². The smallest absolute Gasteiger partial charge is 0.325 e. The number of rotatable bonds is 6. The fourth-order valence-corrected chi connectivity index (χ4v) is 4.14. The van der Waals surface area contributed by atoms with Gasteiger partial charge in [0.15, 0.2) is 5.78 Å². The van der Waals surface area contributed by atoms with Crippen LogP contribution in [-0.2, 0) is 28.0 Å². The third-order valence-corrected chi connectivity index (χ3v) is 6.06. The van der Waals surface area contributed by atoms with Gasteiger partial charge in [0.25, 0.3) is 5.91 Å². The van der Waals surface area contributed by atoms with E-state index in [4.69, 9.17) is 0 Å². The van der Waals surface area contributed by atoms with Gasteiger partial charge in [0.2, 0.25) is 5.91 Å². The molecule has 4 rings (SSSR count). The summed E-state index contributed by atoms with van der Waals surface area (Å²) in [4.78, 5) is 50.9. The summed E-state index contributed by atoms with van der Waals surface area (Å²) in [6.45, 7) is 3.09. The van der Waals surface area contributed by atoms with Crippen molar-refractivity contribution in [3.8, 4) is 0 Å². The average Bonchev–Trinajstić information content (AvgIpc) is 3.32. The van der Waals surface area contributed by atoms with Crippen molar-refractivity contribution in [2.45, 2.75) is 45.1 Å². The number of hydrogen-bond donors (Lipinski definition) is 2. The zero-order valence-electron chi connectivity index (χ0n) is 17.7. The molecule has 160 valence electrons. The third-order valence-electron chi connectivity index (χ3n) is 6.06. The van der Waals surface area contributed by atoms with Gasteiger partial charge in [0.05, 0.1) is 6.54 Å². The molecule has 0 bridgehead atoms. The molecule has 2 aromatic carbocycles. The van der Waals surface area contributed by atoms with Gasteiger partial charge >= 0.3 is 6.03 Å². The number of nitrogens with one attached hydrogen (secondary N) is 2. The summed E-state index contributed by atoms with van der Waals surface area (Å²) in [5.74, 6) is -0.907. The van der Waals surface area contributed by atoms with Gasteiger partial charge in [0, 0.05) is 17.7 Å². The van der Waals surface area contributed by atoms with Crippen molar-refractivity contribution in [2.24, 2.45) is 0 Å². The molecular formula is C24H25N3O4. The SMILES string of the molecule is CCC(=O)Nc1ccc(C(=O)CN2C(=O)N[C@@](C)(c3ccc4c(c3)CCC4)C2=O)cc1. The zero-order valence-corrected chi connectivity index (χ0v) is 17.7. The Labute approximate surface area is 180 Å². The molecule has 7 heteroatoms. The number of Topliss-reactive ketones (excluding diaryl/α,β-unsaturated/α-hetero) is 1. The molecule has 4 amide bonds. The van der Waals surface area contributed by atoms with Crippen LogP contribution in [0.2, 0.25) is 0 Å². The van der Waals surface area contributed by atoms with E-state index >= 15 is 0 Å². The molecule has 0 aromatic heterocycles. The first-order valence-electron chi connectivity index (χ1n) is 10.5. The highest BCUT2D eigenvalue weighted by molar-refractivity contribution is 6.11. The quantitative estimate of drug-likeness (QED) is 0.555. The van der Waals surface area contributed by atoms with Gasteiger partial charge in [-0.3, -0.25) is 19.3 Å². The topological polar surface area (TPSA) is 95.6 Å². The average molecular weight is 419 g/mol. The first kappa shape index (κ1) is 20.8. The number of imide groups is 1. The van der Waals surface area contributed by atoms with Gasteiger partial charge in [-0.05, 0) is 67.1 Å². The van der Waals surface area contributed by atoms with Gasteiger partial charge in [-0.2, -0.15) is 0 Å². The first-order valence-corrected chi connectivity index (χ1v) is 10.5. The number of ketones is 1. The van der Waals surface area contributed by atoms with Crippen LogP contribution in [0, 0.1) is 0 Å². The third kappa shape index (κ3) is 3.83. The van der Waals surface area contributed by atoms with Gasteiger partial charge in [-0.15, -0.1) is 0 Å². The van der Waals surface area contributed by atoms with E-state index in [1.165, 1.54) is 11.1 Å². The van der Waals surface area contributed by atoms with Crippen LogP contribution in [0.25, 0.3) is 0 Å². The predicted octanol–water partition coefficient (Wildman–Crippen LogP) is 3.17. The summed E-state index contributed by atoms with van der Waals surface area (Å²) in [6.07, 6.45) is 3.46. The van der Waals surface area contributed by atoms with Gasteiger partial charge < -0.3 is 10.6 Å². The Morgan fingerprint density at radius 3 is 2.48 bits per heavy atom. The lowest BCUT2D eigenvalue weighted by Crippen LogP contribution is -2.41. The maximum atomic E-state index is 13.2. The minimum atomic E-state index is -1.19. The van der Waals surface area contributed by atoms with E-state index in [2.05, 4.69) is 10.6 Å². The van der Waals surface area contributed by atoms with E-state index in [1.54, 1.807) is 38.1 Å². The molecule has 0 unspecified atom stereocenters. The molecule has 2 aliphatic rings. The van der Waals surface area contributed by atoms with E-state index in [0.29, 0.717) is 17.7 Å². The van der Waals surface area contributed by atoms with E-state index in [1.807, 2.05) is 18.2 Å². The molecule has 31 heavy (non-hydrogen) atoms. The highest BCUT2D eigenvalue weighted by Gasteiger charge is 2.49. The summed E-state index contributed by atoms with van der Waals surface area (Å²) in [7, 11) is 0. The number of anilines is 1. The largest absolute Gasteiger partial charge is 0.326 e. The first-order chi connectivity index (χ1) is 14.8. The molecule has 1 heterocycles. The molecular weight excluding hydrogens is 394 g/mol. The van der Waals surface area contributed by atoms with Crippen molar-refractivity contribution in [2.75, 3.05) is 11.9 Å². The number of nitrogens with zero attached hydrogens (tertiary/aromatic N) is 1. The Morgan fingerprint density at radius 2 is 1.77 bits per heavy atom. The maximum absolute atomic E-state index is 13.2. The maximum Gasteiger partial charge on any atom is 0.325 e. The van der Waals surface area contributed by atoms with Gasteiger partial charge in [-0.25, -0.2) is 4.79 Å². The minimum Gasteiger partial charge on any atom is -0.326 e. The van der Waals surface area contributed by atoms with E-state index in [9.17, 15) is 19.2 Å². The lowest BCUT2D eigenvalue weighted by Gasteiger charge is -2.23. The van der Waals surface area contributed by atoms with E-state index < -0.39 is 17.5 Å². The van der Waals surface area contributed by atoms with Crippen LogP contribution in [0.1, 0.15) is 53.7 Å². The van der Waals surface area contributed by atoms with Crippen molar-refractivity contribution < 1.29 is 19.2 Å². The fraction of sp³-hybridized carbons (Fsp3) is 0.333. The normalized spacial score (nSPS) is 19.9. The summed E-state index contributed by atoms with van der Waals surface area (Å²) in [6, 6.07) is 11.7. The Balaban J connectivity index is 1.49. The van der Waals surface area contributed by atoms with Gasteiger partial charge in [0.1, 0.15) is 5.54 Å². The van der Waals surface area contributed by atoms with Crippen LogP contribution in [0.15, 0.2) is 42.5 Å². The summed E-state index contributed by atoms with van der Waals surface area (Å²) >= 11 is 0. The van der Waals surface area contributed by atoms with Crippen LogP contribution in [0.4, 0.5) is 10.5 Å². The van der Waals surface area contributed by atoms with E-state index in [0.717, 1.165) is 29.7 Å². The number of urea groups is 1. The Hall–Kier alpha value is -3.48. The number of carbonyl (C=O) groups is 4. The second-order valence-corrected chi connectivity index (χ2v) is 8.19. The number of aryl methyl sites for hydroxylation is 2. The predicted molar refractivity (Wildman–Crippen MR) is 116 cm³/mol. The van der Waals surface area contributed by atoms with Crippen LogP contribution in [0.3, 0.4) is 0 Å². The lowest BCUT2D eigenvalue weighted by molar-refractivity contribution is -0.130. The molecule has 0 saturated carbocycles. The van der Waals surface area contributed by atoms with Crippen molar-refractivity contribution >= 4 is 29.3 Å². The molecule has 2 aromatic rings. The molecule has 1 aliphatic carbocycles. The summed E-state index contributed by atoms with van der Waals surface area (Å²) in [5.41, 5.74) is 2.99. The molecule has 7 nitrogen and oxygen atoms in total. The minimum absolute atomic E-state index is 0.121. The molecule has 1 saturated heterocycles.